The van der Waals surface area contributed by atoms with Gasteiger partial charge in [-0.3, -0.25) is 0 Å². The van der Waals surface area contributed by atoms with Gasteiger partial charge < -0.3 is 5.32 Å². The van der Waals surface area contributed by atoms with Gasteiger partial charge in [-0.05, 0) is 18.7 Å². The van der Waals surface area contributed by atoms with Gasteiger partial charge in [0, 0.05) is 12.1 Å². The fourth-order valence-electron chi connectivity index (χ4n) is 1.12. The van der Waals surface area contributed by atoms with Gasteiger partial charge in [0.25, 0.3) is 0 Å². The number of nitrogens with one attached hydrogen (secondary N) is 1. The minimum absolute atomic E-state index is 0.723. The Morgan fingerprint density at radius 1 is 1.38 bits per heavy atom. The van der Waals surface area contributed by atoms with Crippen molar-refractivity contribution in [1.29, 1.82) is 0 Å². The molecule has 13 heavy (non-hydrogen) atoms. The largest absolute Gasteiger partial charge is 0.316 e. The van der Waals surface area contributed by atoms with E-state index in [0.717, 1.165) is 17.4 Å². The van der Waals surface area contributed by atoms with E-state index >= 15 is 0 Å². The van der Waals surface area contributed by atoms with Crippen molar-refractivity contribution in [2.45, 2.75) is 6.54 Å². The maximum atomic E-state index is 3.28. The summed E-state index contributed by atoms with van der Waals surface area (Å²) in [6.07, 6.45) is 0. The summed E-state index contributed by atoms with van der Waals surface area (Å²) in [5, 5.41) is 3.84. The minimum atomic E-state index is 0.723. The maximum absolute atomic E-state index is 3.28. The molecule has 0 saturated carbocycles. The van der Waals surface area contributed by atoms with Crippen LogP contribution in [0.15, 0.2) is 24.3 Å². The second-order valence-corrected chi connectivity index (χ2v) is 3.18. The Balaban J connectivity index is 2.90. The highest BCUT2D eigenvalue weighted by atomic mass is 79.9. The fourth-order valence-corrected chi connectivity index (χ4v) is 1.26. The molecule has 1 nitrogen and oxygen atoms in total. The average molecular weight is 238 g/mol. The third-order valence-corrected chi connectivity index (χ3v) is 1.95. The first-order chi connectivity index (χ1) is 6.38. The normalized spacial score (nSPS) is 9.08. The molecular formula is C11H12BrN. The molecule has 1 aromatic rings. The Bertz CT molecular complexity index is 322. The van der Waals surface area contributed by atoms with Crippen molar-refractivity contribution in [1.82, 2.24) is 5.32 Å². The monoisotopic (exact) mass is 237 g/mol. The number of rotatable bonds is 2. The van der Waals surface area contributed by atoms with E-state index in [2.05, 4.69) is 39.2 Å². The van der Waals surface area contributed by atoms with E-state index in [0.29, 0.717) is 0 Å². The first-order valence-corrected chi connectivity index (χ1v) is 5.28. The zero-order chi connectivity index (χ0) is 9.52. The van der Waals surface area contributed by atoms with Crippen LogP contribution in [0.3, 0.4) is 0 Å². The SMILES string of the molecule is CNCc1ccccc1C#CCBr. The molecule has 0 unspecified atom stereocenters. The summed E-state index contributed by atoms with van der Waals surface area (Å²) in [7, 11) is 1.94. The van der Waals surface area contributed by atoms with Crippen LogP contribution in [0, 0.1) is 11.8 Å². The van der Waals surface area contributed by atoms with Crippen LogP contribution in [0.25, 0.3) is 0 Å². The zero-order valence-corrected chi connectivity index (χ0v) is 9.19. The number of alkyl halides is 1. The first kappa shape index (κ1) is 10.3. The van der Waals surface area contributed by atoms with Gasteiger partial charge >= 0.3 is 0 Å². The quantitative estimate of drug-likeness (QED) is 0.615. The molecule has 1 N–H and O–H groups in total. The molecule has 0 heterocycles. The van der Waals surface area contributed by atoms with E-state index < -0.39 is 0 Å². The van der Waals surface area contributed by atoms with Gasteiger partial charge in [-0.15, -0.1) is 0 Å². The molecule has 0 amide bonds. The highest BCUT2D eigenvalue weighted by Gasteiger charge is 1.95. The average Bonchev–Trinajstić information content (AvgIpc) is 2.17. The van der Waals surface area contributed by atoms with Gasteiger partial charge in [0.1, 0.15) is 0 Å². The van der Waals surface area contributed by atoms with Crippen LogP contribution in [0.5, 0.6) is 0 Å². The molecule has 1 aromatic carbocycles. The summed E-state index contributed by atoms with van der Waals surface area (Å²) >= 11 is 3.28. The lowest BCUT2D eigenvalue weighted by Gasteiger charge is -2.02. The number of hydrogen-bond acceptors (Lipinski definition) is 1. The zero-order valence-electron chi connectivity index (χ0n) is 7.60. The minimum Gasteiger partial charge on any atom is -0.316 e. The van der Waals surface area contributed by atoms with Crippen molar-refractivity contribution in [3.8, 4) is 11.8 Å². The Kier molecular flexibility index (Phi) is 4.59. The van der Waals surface area contributed by atoms with Crippen molar-refractivity contribution in [3.63, 3.8) is 0 Å². The molecular weight excluding hydrogens is 226 g/mol. The van der Waals surface area contributed by atoms with Gasteiger partial charge in [0.15, 0.2) is 0 Å². The molecule has 1 rings (SSSR count). The predicted octanol–water partition coefficient (Wildman–Crippen LogP) is 2.15. The Hall–Kier alpha value is -0.780. The van der Waals surface area contributed by atoms with E-state index in [4.69, 9.17) is 0 Å². The maximum Gasteiger partial charge on any atom is 0.0649 e. The molecule has 0 fully saturated rings. The molecule has 0 aliphatic heterocycles. The number of hydrogen-bond donors (Lipinski definition) is 1. The smallest absolute Gasteiger partial charge is 0.0649 e. The van der Waals surface area contributed by atoms with Gasteiger partial charge in [-0.25, -0.2) is 0 Å². The molecule has 0 aliphatic rings. The molecule has 0 saturated heterocycles. The lowest BCUT2D eigenvalue weighted by atomic mass is 10.1. The molecule has 0 spiro atoms. The van der Waals surface area contributed by atoms with Gasteiger partial charge in [0.2, 0.25) is 0 Å². The van der Waals surface area contributed by atoms with E-state index in [1.54, 1.807) is 0 Å². The highest BCUT2D eigenvalue weighted by molar-refractivity contribution is 9.09. The third kappa shape index (κ3) is 3.22. The molecule has 0 bridgehead atoms. The van der Waals surface area contributed by atoms with Crippen LogP contribution in [0.2, 0.25) is 0 Å². The van der Waals surface area contributed by atoms with Gasteiger partial charge in [0.05, 0.1) is 5.33 Å². The van der Waals surface area contributed by atoms with Crippen LogP contribution in [-0.2, 0) is 6.54 Å². The van der Waals surface area contributed by atoms with E-state index in [1.807, 2.05) is 25.2 Å². The third-order valence-electron chi connectivity index (χ3n) is 1.67. The first-order valence-electron chi connectivity index (χ1n) is 4.16. The van der Waals surface area contributed by atoms with E-state index in [1.165, 1.54) is 5.56 Å². The lowest BCUT2D eigenvalue weighted by molar-refractivity contribution is 0.816. The van der Waals surface area contributed by atoms with Crippen molar-refractivity contribution >= 4 is 15.9 Å². The van der Waals surface area contributed by atoms with Gasteiger partial charge in [-0.2, -0.15) is 0 Å². The molecule has 0 atom stereocenters. The molecule has 0 aromatic heterocycles. The van der Waals surface area contributed by atoms with Crippen molar-refractivity contribution in [2.24, 2.45) is 0 Å². The second-order valence-electron chi connectivity index (χ2n) is 2.62. The standard InChI is InChI=1S/C11H12BrN/c1-13-9-11-6-3-2-5-10(11)7-4-8-12/h2-3,5-6,13H,8-9H2,1H3. The summed E-state index contributed by atoms with van der Waals surface area (Å²) in [5.41, 5.74) is 2.36. The fraction of sp³-hybridized carbons (Fsp3) is 0.273. The van der Waals surface area contributed by atoms with Crippen molar-refractivity contribution < 1.29 is 0 Å². The summed E-state index contributed by atoms with van der Waals surface area (Å²) in [6.45, 7) is 0.868. The van der Waals surface area contributed by atoms with Gasteiger partial charge in [-0.1, -0.05) is 46.0 Å². The lowest BCUT2D eigenvalue weighted by Crippen LogP contribution is -2.06. The van der Waals surface area contributed by atoms with Crippen LogP contribution in [-0.4, -0.2) is 12.4 Å². The number of halogens is 1. The highest BCUT2D eigenvalue weighted by Crippen LogP contribution is 2.06. The topological polar surface area (TPSA) is 12.0 Å². The van der Waals surface area contributed by atoms with Crippen LogP contribution < -0.4 is 5.32 Å². The molecule has 2 heteroatoms. The van der Waals surface area contributed by atoms with E-state index in [9.17, 15) is 0 Å². The van der Waals surface area contributed by atoms with Crippen LogP contribution >= 0.6 is 15.9 Å². The number of benzene rings is 1. The molecule has 0 aliphatic carbocycles. The van der Waals surface area contributed by atoms with Crippen LogP contribution in [0.4, 0.5) is 0 Å². The van der Waals surface area contributed by atoms with Crippen molar-refractivity contribution in [3.05, 3.63) is 35.4 Å². The molecule has 0 radical (unpaired) electrons. The summed E-state index contributed by atoms with van der Waals surface area (Å²) < 4.78 is 0. The van der Waals surface area contributed by atoms with Crippen LogP contribution in [0.1, 0.15) is 11.1 Å². The van der Waals surface area contributed by atoms with E-state index in [-0.39, 0.29) is 0 Å². The predicted molar refractivity (Wildman–Crippen MR) is 59.9 cm³/mol. The summed E-state index contributed by atoms with van der Waals surface area (Å²) in [5.74, 6) is 6.11. The second kappa shape index (κ2) is 5.80. The summed E-state index contributed by atoms with van der Waals surface area (Å²) in [6, 6.07) is 8.18. The van der Waals surface area contributed by atoms with Crippen molar-refractivity contribution in [2.75, 3.05) is 12.4 Å². The summed E-state index contributed by atoms with van der Waals surface area (Å²) in [4.78, 5) is 0. The molecule has 68 valence electrons. The Morgan fingerprint density at radius 2 is 2.15 bits per heavy atom. The Morgan fingerprint density at radius 3 is 2.85 bits per heavy atom. The Labute approximate surface area is 87.7 Å².